The molecule has 0 aliphatic rings. The molecule has 2 aromatic rings. The van der Waals surface area contributed by atoms with Gasteiger partial charge in [0, 0.05) is 5.56 Å². The lowest BCUT2D eigenvalue weighted by Gasteiger charge is -2.17. The Balaban J connectivity index is 1.93. The second kappa shape index (κ2) is 10.2. The van der Waals surface area contributed by atoms with E-state index in [9.17, 15) is 9.59 Å². The Kier molecular flexibility index (Phi) is 7.67. The molecule has 0 saturated carbocycles. The maximum Gasteiger partial charge on any atom is 0.251 e. The molecule has 0 saturated heterocycles. The topological polar surface area (TPSA) is 76.7 Å². The van der Waals surface area contributed by atoms with Crippen molar-refractivity contribution < 1.29 is 19.1 Å². The summed E-state index contributed by atoms with van der Waals surface area (Å²) in [5.74, 6) is 0.781. The smallest absolute Gasteiger partial charge is 0.251 e. The van der Waals surface area contributed by atoms with Crippen LogP contribution in [-0.2, 0) is 4.79 Å². The maximum atomic E-state index is 12.2. The van der Waals surface area contributed by atoms with Crippen molar-refractivity contribution in [3.05, 3.63) is 59.7 Å². The number of nitrogens with one attached hydrogen (secondary N) is 2. The quantitative estimate of drug-likeness (QED) is 0.711. The van der Waals surface area contributed by atoms with Gasteiger partial charge in [-0.3, -0.25) is 9.59 Å². The van der Waals surface area contributed by atoms with Gasteiger partial charge < -0.3 is 20.1 Å². The molecule has 0 heterocycles. The minimum Gasteiger partial charge on any atom is -0.490 e. The average molecular weight is 370 g/mol. The Labute approximate surface area is 159 Å². The summed E-state index contributed by atoms with van der Waals surface area (Å²) in [6.07, 6.45) is 0. The highest BCUT2D eigenvalue weighted by atomic mass is 16.5. The molecule has 0 aliphatic carbocycles. The van der Waals surface area contributed by atoms with E-state index in [0.29, 0.717) is 30.3 Å². The molecule has 0 aromatic heterocycles. The molecule has 0 bridgehead atoms. The SMILES string of the molecule is CCOc1ccc(C(C)NC(=O)CNC(=O)c2ccccc2)cc1OCC. The van der Waals surface area contributed by atoms with Crippen molar-refractivity contribution in [2.24, 2.45) is 0 Å². The van der Waals surface area contributed by atoms with E-state index in [1.807, 2.05) is 45.0 Å². The van der Waals surface area contributed by atoms with Crippen molar-refractivity contribution in [1.82, 2.24) is 10.6 Å². The predicted octanol–water partition coefficient (Wildman–Crippen LogP) is 3.09. The molecule has 144 valence electrons. The molecule has 1 unspecified atom stereocenters. The van der Waals surface area contributed by atoms with Gasteiger partial charge in [-0.2, -0.15) is 0 Å². The molecule has 2 rings (SSSR count). The number of ether oxygens (including phenoxy) is 2. The lowest BCUT2D eigenvalue weighted by atomic mass is 10.1. The van der Waals surface area contributed by atoms with Crippen LogP contribution in [0.15, 0.2) is 48.5 Å². The van der Waals surface area contributed by atoms with Crippen molar-refractivity contribution in [1.29, 1.82) is 0 Å². The number of carbonyl (C=O) groups excluding carboxylic acids is 2. The normalized spacial score (nSPS) is 11.4. The first-order valence-corrected chi connectivity index (χ1v) is 9.07. The van der Waals surface area contributed by atoms with Crippen molar-refractivity contribution >= 4 is 11.8 Å². The van der Waals surface area contributed by atoms with Crippen LogP contribution in [0.4, 0.5) is 0 Å². The Morgan fingerprint density at radius 3 is 2.30 bits per heavy atom. The van der Waals surface area contributed by atoms with E-state index < -0.39 is 0 Å². The Morgan fingerprint density at radius 2 is 1.63 bits per heavy atom. The van der Waals surface area contributed by atoms with E-state index in [2.05, 4.69) is 10.6 Å². The summed E-state index contributed by atoms with van der Waals surface area (Å²) in [5.41, 5.74) is 1.41. The molecule has 6 nitrogen and oxygen atoms in total. The zero-order chi connectivity index (χ0) is 19.6. The highest BCUT2D eigenvalue weighted by Crippen LogP contribution is 2.30. The summed E-state index contributed by atoms with van der Waals surface area (Å²) in [6.45, 7) is 6.68. The van der Waals surface area contributed by atoms with Crippen molar-refractivity contribution in [2.75, 3.05) is 19.8 Å². The number of benzene rings is 2. The lowest BCUT2D eigenvalue weighted by molar-refractivity contribution is -0.120. The molecule has 6 heteroatoms. The molecule has 0 radical (unpaired) electrons. The number of hydrogen-bond acceptors (Lipinski definition) is 4. The first-order chi connectivity index (χ1) is 13.0. The molecule has 2 aromatic carbocycles. The minimum atomic E-state index is -0.280. The van der Waals surface area contributed by atoms with Crippen molar-refractivity contribution in [3.63, 3.8) is 0 Å². The summed E-state index contributed by atoms with van der Waals surface area (Å²) < 4.78 is 11.2. The Morgan fingerprint density at radius 1 is 0.963 bits per heavy atom. The van der Waals surface area contributed by atoms with Gasteiger partial charge in [0.05, 0.1) is 25.8 Å². The molecular formula is C21H26N2O4. The van der Waals surface area contributed by atoms with Crippen LogP contribution >= 0.6 is 0 Å². The summed E-state index contributed by atoms with van der Waals surface area (Å²) in [5, 5.41) is 5.49. The van der Waals surface area contributed by atoms with E-state index >= 15 is 0 Å². The minimum absolute atomic E-state index is 0.0899. The third kappa shape index (κ3) is 6.02. The second-order valence-electron chi connectivity index (χ2n) is 5.91. The first kappa shape index (κ1) is 20.3. The fourth-order valence-corrected chi connectivity index (χ4v) is 2.57. The standard InChI is InChI=1S/C21H26N2O4/c1-4-26-18-12-11-17(13-19(18)27-5-2)15(3)23-20(24)14-22-21(25)16-9-7-6-8-10-16/h6-13,15H,4-5,14H2,1-3H3,(H,22,25)(H,23,24). The zero-order valence-corrected chi connectivity index (χ0v) is 16.0. The summed E-state index contributed by atoms with van der Waals surface area (Å²) in [4.78, 5) is 24.2. The molecule has 27 heavy (non-hydrogen) atoms. The van der Waals surface area contributed by atoms with Crippen LogP contribution in [-0.4, -0.2) is 31.6 Å². The summed E-state index contributed by atoms with van der Waals surface area (Å²) >= 11 is 0. The van der Waals surface area contributed by atoms with E-state index in [-0.39, 0.29) is 24.4 Å². The van der Waals surface area contributed by atoms with Crippen LogP contribution in [0.25, 0.3) is 0 Å². The van der Waals surface area contributed by atoms with Crippen LogP contribution in [0.1, 0.15) is 42.7 Å². The van der Waals surface area contributed by atoms with Gasteiger partial charge in [0.25, 0.3) is 5.91 Å². The Hall–Kier alpha value is -3.02. The highest BCUT2D eigenvalue weighted by molar-refractivity contribution is 5.96. The average Bonchev–Trinajstić information content (AvgIpc) is 2.68. The van der Waals surface area contributed by atoms with Gasteiger partial charge in [-0.15, -0.1) is 0 Å². The van der Waals surface area contributed by atoms with Gasteiger partial charge in [-0.25, -0.2) is 0 Å². The van der Waals surface area contributed by atoms with Crippen LogP contribution < -0.4 is 20.1 Å². The number of carbonyl (C=O) groups is 2. The van der Waals surface area contributed by atoms with Crippen LogP contribution in [0.3, 0.4) is 0 Å². The largest absolute Gasteiger partial charge is 0.490 e. The van der Waals surface area contributed by atoms with Gasteiger partial charge in [-0.05, 0) is 50.6 Å². The van der Waals surface area contributed by atoms with Crippen LogP contribution in [0.2, 0.25) is 0 Å². The second-order valence-corrected chi connectivity index (χ2v) is 5.91. The summed E-state index contributed by atoms with van der Waals surface area (Å²) in [6, 6.07) is 14.1. The fourth-order valence-electron chi connectivity index (χ4n) is 2.57. The third-order valence-electron chi connectivity index (χ3n) is 3.89. The predicted molar refractivity (Wildman–Crippen MR) is 104 cm³/mol. The number of rotatable bonds is 9. The molecule has 1 atom stereocenters. The molecular weight excluding hydrogens is 344 g/mol. The maximum absolute atomic E-state index is 12.2. The van der Waals surface area contributed by atoms with E-state index in [1.165, 1.54) is 0 Å². The lowest BCUT2D eigenvalue weighted by Crippen LogP contribution is -2.38. The van der Waals surface area contributed by atoms with E-state index in [1.54, 1.807) is 24.3 Å². The molecule has 0 fully saturated rings. The van der Waals surface area contributed by atoms with Gasteiger partial charge in [0.15, 0.2) is 11.5 Å². The molecule has 0 aliphatic heterocycles. The van der Waals surface area contributed by atoms with Crippen molar-refractivity contribution in [2.45, 2.75) is 26.8 Å². The summed E-state index contributed by atoms with van der Waals surface area (Å²) in [7, 11) is 0. The Bertz CT molecular complexity index is 762. The van der Waals surface area contributed by atoms with E-state index in [4.69, 9.17) is 9.47 Å². The highest BCUT2D eigenvalue weighted by Gasteiger charge is 2.14. The van der Waals surface area contributed by atoms with Gasteiger partial charge >= 0.3 is 0 Å². The van der Waals surface area contributed by atoms with Crippen LogP contribution in [0.5, 0.6) is 11.5 Å². The number of hydrogen-bond donors (Lipinski definition) is 2. The van der Waals surface area contributed by atoms with Gasteiger partial charge in [0.2, 0.25) is 5.91 Å². The van der Waals surface area contributed by atoms with Crippen molar-refractivity contribution in [3.8, 4) is 11.5 Å². The third-order valence-corrected chi connectivity index (χ3v) is 3.89. The van der Waals surface area contributed by atoms with E-state index in [0.717, 1.165) is 5.56 Å². The molecule has 2 amide bonds. The van der Waals surface area contributed by atoms with Crippen LogP contribution in [0, 0.1) is 0 Å². The first-order valence-electron chi connectivity index (χ1n) is 9.07. The number of amides is 2. The molecule has 2 N–H and O–H groups in total. The zero-order valence-electron chi connectivity index (χ0n) is 16.0. The molecule has 0 spiro atoms. The van der Waals surface area contributed by atoms with Gasteiger partial charge in [-0.1, -0.05) is 24.3 Å². The monoisotopic (exact) mass is 370 g/mol. The van der Waals surface area contributed by atoms with Gasteiger partial charge in [0.1, 0.15) is 0 Å². The fraction of sp³-hybridized carbons (Fsp3) is 0.333.